The maximum atomic E-state index is 13.1. The van der Waals surface area contributed by atoms with Crippen LogP contribution in [0.4, 0.5) is 0 Å². The Bertz CT molecular complexity index is 1070. The number of nitrogens with zero attached hydrogens (tertiary/aromatic N) is 3. The second-order valence-corrected chi connectivity index (χ2v) is 8.12. The van der Waals surface area contributed by atoms with Gasteiger partial charge in [-0.05, 0) is 36.8 Å². The van der Waals surface area contributed by atoms with Gasteiger partial charge in [-0.15, -0.1) is 0 Å². The Labute approximate surface area is 198 Å². The molecule has 3 heterocycles. The number of benzene rings is 1. The van der Waals surface area contributed by atoms with Gasteiger partial charge in [-0.3, -0.25) is 19.5 Å². The summed E-state index contributed by atoms with van der Waals surface area (Å²) in [4.78, 5) is 34.4. The molecule has 1 amide bonds. The highest BCUT2D eigenvalue weighted by Crippen LogP contribution is 2.40. The summed E-state index contributed by atoms with van der Waals surface area (Å²) < 4.78 is 16.0. The van der Waals surface area contributed by atoms with Crippen LogP contribution in [0.1, 0.15) is 23.7 Å². The van der Waals surface area contributed by atoms with Crippen LogP contribution in [0.15, 0.2) is 48.2 Å². The number of carbonyl (C=O) groups is 2. The Kier molecular flexibility index (Phi) is 7.44. The van der Waals surface area contributed by atoms with Crippen molar-refractivity contribution in [2.75, 3.05) is 53.6 Å². The topological polar surface area (TPSA) is 101 Å². The van der Waals surface area contributed by atoms with Crippen molar-refractivity contribution in [1.82, 2.24) is 14.8 Å². The van der Waals surface area contributed by atoms with Gasteiger partial charge in [0.25, 0.3) is 11.7 Å². The number of methoxy groups -OCH3 is 2. The fourth-order valence-corrected chi connectivity index (χ4v) is 4.38. The molecule has 1 aromatic heterocycles. The molecule has 1 N–H and O–H groups in total. The van der Waals surface area contributed by atoms with Crippen LogP contribution in [0.25, 0.3) is 5.76 Å². The Balaban J connectivity index is 1.67. The van der Waals surface area contributed by atoms with Crippen LogP contribution in [0.3, 0.4) is 0 Å². The number of ether oxygens (including phenoxy) is 3. The van der Waals surface area contributed by atoms with Crippen molar-refractivity contribution in [2.45, 2.75) is 12.5 Å². The first-order valence-electron chi connectivity index (χ1n) is 11.3. The van der Waals surface area contributed by atoms with E-state index in [4.69, 9.17) is 14.2 Å². The van der Waals surface area contributed by atoms with E-state index >= 15 is 0 Å². The Morgan fingerprint density at radius 1 is 1.09 bits per heavy atom. The van der Waals surface area contributed by atoms with Crippen LogP contribution in [0.5, 0.6) is 11.5 Å². The molecule has 0 spiro atoms. The van der Waals surface area contributed by atoms with E-state index in [2.05, 4.69) is 9.88 Å². The van der Waals surface area contributed by atoms with E-state index in [1.165, 1.54) is 19.1 Å². The molecule has 2 saturated heterocycles. The van der Waals surface area contributed by atoms with Crippen LogP contribution in [-0.4, -0.2) is 85.2 Å². The lowest BCUT2D eigenvalue weighted by Gasteiger charge is -2.28. The van der Waals surface area contributed by atoms with Crippen LogP contribution in [0.2, 0.25) is 0 Å². The van der Waals surface area contributed by atoms with Crippen LogP contribution in [0, 0.1) is 0 Å². The number of aliphatic hydroxyl groups is 1. The minimum Gasteiger partial charge on any atom is -0.507 e. The number of rotatable bonds is 8. The molecule has 1 atom stereocenters. The third-order valence-electron chi connectivity index (χ3n) is 6.14. The van der Waals surface area contributed by atoms with E-state index in [1.807, 2.05) is 0 Å². The van der Waals surface area contributed by atoms with Crippen molar-refractivity contribution < 1.29 is 28.9 Å². The second kappa shape index (κ2) is 10.7. The molecule has 1 aromatic carbocycles. The fraction of sp³-hybridized carbons (Fsp3) is 0.400. The van der Waals surface area contributed by atoms with Gasteiger partial charge < -0.3 is 24.2 Å². The minimum absolute atomic E-state index is 0.0160. The Hall–Kier alpha value is -3.43. The zero-order valence-electron chi connectivity index (χ0n) is 19.4. The molecular formula is C25H29N3O6. The lowest BCUT2D eigenvalue weighted by atomic mass is 9.98. The normalized spacial score (nSPS) is 20.5. The van der Waals surface area contributed by atoms with E-state index in [-0.39, 0.29) is 11.3 Å². The summed E-state index contributed by atoms with van der Waals surface area (Å²) in [6.45, 7) is 4.25. The summed E-state index contributed by atoms with van der Waals surface area (Å²) in [5, 5.41) is 11.2. The van der Waals surface area contributed by atoms with Gasteiger partial charge in [-0.1, -0.05) is 6.07 Å². The van der Waals surface area contributed by atoms with Gasteiger partial charge in [0.2, 0.25) is 0 Å². The second-order valence-electron chi connectivity index (χ2n) is 8.12. The van der Waals surface area contributed by atoms with Gasteiger partial charge in [0, 0.05) is 37.9 Å². The number of ketones is 1. The Morgan fingerprint density at radius 2 is 1.85 bits per heavy atom. The monoisotopic (exact) mass is 467 g/mol. The first kappa shape index (κ1) is 23.7. The molecule has 2 aromatic rings. The summed E-state index contributed by atoms with van der Waals surface area (Å²) in [6, 6.07) is 9.39. The average molecular weight is 468 g/mol. The van der Waals surface area contributed by atoms with Gasteiger partial charge >= 0.3 is 0 Å². The predicted molar refractivity (Wildman–Crippen MR) is 125 cm³/mol. The number of amides is 1. The third kappa shape index (κ3) is 4.76. The minimum atomic E-state index is -0.779. The maximum Gasteiger partial charge on any atom is 0.295 e. The largest absolute Gasteiger partial charge is 0.507 e. The standard InChI is InChI=1S/C25H29N3O6/c1-32-19-8-7-17(16-20(19)33-2)23(29)21-22(18-6-3-4-9-26-18)28(25(31)24(21)30)11-5-10-27-12-14-34-15-13-27/h3-4,6-9,16,22,29H,5,10-15H2,1-2H3/b23-21+/t22-/m0/s1. The average Bonchev–Trinajstić information content (AvgIpc) is 3.14. The zero-order valence-corrected chi connectivity index (χ0v) is 19.4. The molecule has 34 heavy (non-hydrogen) atoms. The molecule has 0 aliphatic carbocycles. The number of hydrogen-bond donors (Lipinski definition) is 1. The highest BCUT2D eigenvalue weighted by atomic mass is 16.5. The van der Waals surface area contributed by atoms with Crippen molar-refractivity contribution >= 4 is 17.4 Å². The zero-order chi connectivity index (χ0) is 24.1. The summed E-state index contributed by atoms with van der Waals surface area (Å²) in [7, 11) is 3.00. The van der Waals surface area contributed by atoms with Crippen molar-refractivity contribution in [1.29, 1.82) is 0 Å². The summed E-state index contributed by atoms with van der Waals surface area (Å²) in [6.07, 6.45) is 2.30. The lowest BCUT2D eigenvalue weighted by molar-refractivity contribution is -0.140. The number of hydrogen-bond acceptors (Lipinski definition) is 8. The van der Waals surface area contributed by atoms with E-state index in [0.717, 1.165) is 19.6 Å². The Morgan fingerprint density at radius 3 is 2.53 bits per heavy atom. The van der Waals surface area contributed by atoms with Gasteiger partial charge in [0.15, 0.2) is 11.5 Å². The number of carbonyl (C=O) groups excluding carboxylic acids is 2. The summed E-state index contributed by atoms with van der Waals surface area (Å²) >= 11 is 0. The smallest absolute Gasteiger partial charge is 0.295 e. The summed E-state index contributed by atoms with van der Waals surface area (Å²) in [5.74, 6) is -0.746. The van der Waals surface area contributed by atoms with Crippen molar-refractivity contribution in [3.05, 3.63) is 59.4 Å². The number of likely N-dealkylation sites (tertiary alicyclic amines) is 1. The highest BCUT2D eigenvalue weighted by Gasteiger charge is 2.46. The van der Waals surface area contributed by atoms with E-state index in [1.54, 1.807) is 42.6 Å². The molecular weight excluding hydrogens is 438 g/mol. The SMILES string of the molecule is COc1ccc(/C(O)=C2\C(=O)C(=O)N(CCCN3CCOCC3)[C@H]2c2ccccn2)cc1OC. The van der Waals surface area contributed by atoms with Crippen molar-refractivity contribution in [3.8, 4) is 11.5 Å². The number of aromatic nitrogens is 1. The van der Waals surface area contributed by atoms with Crippen molar-refractivity contribution in [2.24, 2.45) is 0 Å². The molecule has 0 radical (unpaired) electrons. The third-order valence-corrected chi connectivity index (χ3v) is 6.14. The lowest BCUT2D eigenvalue weighted by Crippen LogP contribution is -2.39. The first-order chi connectivity index (χ1) is 16.5. The van der Waals surface area contributed by atoms with Gasteiger partial charge in [-0.2, -0.15) is 0 Å². The number of morpholine rings is 1. The predicted octanol–water partition coefficient (Wildman–Crippen LogP) is 2.24. The molecule has 2 fully saturated rings. The molecule has 9 nitrogen and oxygen atoms in total. The number of pyridine rings is 1. The maximum absolute atomic E-state index is 13.1. The van der Waals surface area contributed by atoms with Gasteiger partial charge in [-0.25, -0.2) is 0 Å². The molecule has 0 saturated carbocycles. The molecule has 0 unspecified atom stereocenters. The molecule has 2 aliphatic heterocycles. The molecule has 180 valence electrons. The molecule has 4 rings (SSSR count). The molecule has 9 heteroatoms. The highest BCUT2D eigenvalue weighted by molar-refractivity contribution is 6.46. The van der Waals surface area contributed by atoms with E-state index < -0.39 is 17.7 Å². The molecule has 0 bridgehead atoms. The fourth-order valence-electron chi connectivity index (χ4n) is 4.38. The number of aliphatic hydroxyl groups excluding tert-OH is 1. The van der Waals surface area contributed by atoms with Crippen LogP contribution in [-0.2, 0) is 14.3 Å². The van der Waals surface area contributed by atoms with E-state index in [0.29, 0.717) is 48.9 Å². The van der Waals surface area contributed by atoms with Crippen LogP contribution >= 0.6 is 0 Å². The van der Waals surface area contributed by atoms with E-state index in [9.17, 15) is 14.7 Å². The number of Topliss-reactive ketones (excluding diaryl/α,β-unsaturated/α-hetero) is 1. The quantitative estimate of drug-likeness (QED) is 0.358. The summed E-state index contributed by atoms with van der Waals surface area (Å²) in [5.41, 5.74) is 0.891. The first-order valence-corrected chi connectivity index (χ1v) is 11.3. The van der Waals surface area contributed by atoms with Crippen molar-refractivity contribution in [3.63, 3.8) is 0 Å². The van der Waals surface area contributed by atoms with Crippen LogP contribution < -0.4 is 9.47 Å². The van der Waals surface area contributed by atoms with Gasteiger partial charge in [0.05, 0.1) is 38.7 Å². The molecule has 2 aliphatic rings. The van der Waals surface area contributed by atoms with Gasteiger partial charge in [0.1, 0.15) is 11.8 Å².